The van der Waals surface area contributed by atoms with Crippen molar-refractivity contribution in [2.24, 2.45) is 4.99 Å². The SMILES string of the molecule is O=C(COCCc1cccc(Br)c1)NC1=C(Cl)C=CC=NC1. The Morgan fingerprint density at radius 2 is 2.32 bits per heavy atom. The molecule has 0 saturated carbocycles. The van der Waals surface area contributed by atoms with Crippen LogP contribution in [0.5, 0.6) is 0 Å². The number of carbonyl (C=O) groups is 1. The summed E-state index contributed by atoms with van der Waals surface area (Å²) >= 11 is 9.46. The number of amides is 1. The van der Waals surface area contributed by atoms with E-state index in [0.717, 1.165) is 16.5 Å². The van der Waals surface area contributed by atoms with Gasteiger partial charge in [-0.15, -0.1) is 0 Å². The number of aliphatic imine (C=N–C) groups is 1. The summed E-state index contributed by atoms with van der Waals surface area (Å²) < 4.78 is 6.43. The second-order valence-corrected chi connectivity index (χ2v) is 5.98. The van der Waals surface area contributed by atoms with Crippen LogP contribution in [0.25, 0.3) is 0 Å². The van der Waals surface area contributed by atoms with Crippen molar-refractivity contribution in [1.82, 2.24) is 5.32 Å². The van der Waals surface area contributed by atoms with E-state index >= 15 is 0 Å². The van der Waals surface area contributed by atoms with E-state index in [4.69, 9.17) is 16.3 Å². The van der Waals surface area contributed by atoms with Crippen LogP contribution in [0.2, 0.25) is 0 Å². The summed E-state index contributed by atoms with van der Waals surface area (Å²) in [6, 6.07) is 8.00. The van der Waals surface area contributed by atoms with E-state index in [0.29, 0.717) is 23.9 Å². The van der Waals surface area contributed by atoms with Crippen molar-refractivity contribution in [3.8, 4) is 0 Å². The zero-order valence-corrected chi connectivity index (χ0v) is 14.2. The van der Waals surface area contributed by atoms with Gasteiger partial charge < -0.3 is 10.1 Å². The number of benzene rings is 1. The average Bonchev–Trinajstić information content (AvgIpc) is 2.69. The lowest BCUT2D eigenvalue weighted by Gasteiger charge is -2.09. The number of nitrogens with zero attached hydrogens (tertiary/aromatic N) is 1. The molecule has 1 heterocycles. The Kier molecular flexibility index (Phi) is 6.83. The van der Waals surface area contributed by atoms with E-state index in [1.54, 1.807) is 18.4 Å². The van der Waals surface area contributed by atoms with Crippen LogP contribution in [0.4, 0.5) is 0 Å². The maximum Gasteiger partial charge on any atom is 0.250 e. The molecule has 4 nitrogen and oxygen atoms in total. The van der Waals surface area contributed by atoms with Crippen LogP contribution in [-0.2, 0) is 16.0 Å². The first kappa shape index (κ1) is 16.9. The number of nitrogens with one attached hydrogen (secondary N) is 1. The molecule has 116 valence electrons. The van der Waals surface area contributed by atoms with E-state index < -0.39 is 0 Å². The topological polar surface area (TPSA) is 50.7 Å². The molecule has 0 fully saturated rings. The Bertz CT molecular complexity index is 626. The smallest absolute Gasteiger partial charge is 0.250 e. The molecule has 1 N–H and O–H groups in total. The molecule has 0 bridgehead atoms. The summed E-state index contributed by atoms with van der Waals surface area (Å²) in [4.78, 5) is 15.9. The third kappa shape index (κ3) is 5.75. The highest BCUT2D eigenvalue weighted by Gasteiger charge is 2.09. The Labute approximate surface area is 143 Å². The summed E-state index contributed by atoms with van der Waals surface area (Å²) in [6.45, 7) is 0.833. The molecule has 0 unspecified atom stereocenters. The molecule has 1 aliphatic heterocycles. The van der Waals surface area contributed by atoms with Crippen LogP contribution in [0.1, 0.15) is 5.56 Å². The second kappa shape index (κ2) is 8.88. The number of carbonyl (C=O) groups excluding carboxylic acids is 1. The van der Waals surface area contributed by atoms with Crippen molar-refractivity contribution in [3.63, 3.8) is 0 Å². The van der Waals surface area contributed by atoms with Crippen molar-refractivity contribution in [3.05, 3.63) is 57.2 Å². The van der Waals surface area contributed by atoms with Gasteiger partial charge in [-0.05, 0) is 36.3 Å². The standard InChI is InChI=1S/C16H16BrClN2O2/c17-13-4-1-3-12(9-13)6-8-22-11-16(21)20-15-10-19-7-2-5-14(15)18/h1-5,7,9H,6,8,10-11H2,(H,20,21). The van der Waals surface area contributed by atoms with E-state index in [-0.39, 0.29) is 12.5 Å². The molecule has 1 aromatic carbocycles. The lowest BCUT2D eigenvalue weighted by Crippen LogP contribution is -2.29. The molecule has 0 aliphatic carbocycles. The maximum absolute atomic E-state index is 11.8. The van der Waals surface area contributed by atoms with Crippen LogP contribution in [0, 0.1) is 0 Å². The second-order valence-electron chi connectivity index (χ2n) is 4.66. The van der Waals surface area contributed by atoms with Crippen molar-refractivity contribution in [1.29, 1.82) is 0 Å². The van der Waals surface area contributed by atoms with E-state index in [1.807, 2.05) is 24.3 Å². The zero-order valence-electron chi connectivity index (χ0n) is 11.9. The molecular formula is C16H16BrClN2O2. The number of allylic oxidation sites excluding steroid dienone is 3. The lowest BCUT2D eigenvalue weighted by molar-refractivity contribution is -0.124. The van der Waals surface area contributed by atoms with E-state index in [1.165, 1.54) is 0 Å². The molecule has 0 atom stereocenters. The molecule has 0 aromatic heterocycles. The van der Waals surface area contributed by atoms with E-state index in [9.17, 15) is 4.79 Å². The van der Waals surface area contributed by atoms with Crippen LogP contribution >= 0.6 is 27.5 Å². The molecule has 1 aromatic rings. The van der Waals surface area contributed by atoms with Gasteiger partial charge in [0.1, 0.15) is 6.61 Å². The highest BCUT2D eigenvalue weighted by Crippen LogP contribution is 2.12. The normalized spacial score (nSPS) is 14.1. The van der Waals surface area contributed by atoms with Crippen LogP contribution < -0.4 is 5.32 Å². The average molecular weight is 384 g/mol. The quantitative estimate of drug-likeness (QED) is 0.767. The first-order valence-corrected chi connectivity index (χ1v) is 7.99. The lowest BCUT2D eigenvalue weighted by atomic mass is 10.2. The van der Waals surface area contributed by atoms with Crippen molar-refractivity contribution in [2.75, 3.05) is 19.8 Å². The maximum atomic E-state index is 11.8. The fraction of sp³-hybridized carbons (Fsp3) is 0.250. The van der Waals surface area contributed by atoms with Gasteiger partial charge in [0.15, 0.2) is 0 Å². The first-order chi connectivity index (χ1) is 10.6. The predicted molar refractivity (Wildman–Crippen MR) is 92.2 cm³/mol. The summed E-state index contributed by atoms with van der Waals surface area (Å²) in [6.07, 6.45) is 5.83. The van der Waals surface area contributed by atoms with Crippen LogP contribution in [0.15, 0.2) is 56.6 Å². The zero-order chi connectivity index (χ0) is 15.8. The van der Waals surface area contributed by atoms with Crippen LogP contribution in [0.3, 0.4) is 0 Å². The molecular weight excluding hydrogens is 368 g/mol. The van der Waals surface area contributed by atoms with Gasteiger partial charge in [-0.2, -0.15) is 0 Å². The van der Waals surface area contributed by atoms with Gasteiger partial charge in [0.05, 0.1) is 23.9 Å². The monoisotopic (exact) mass is 382 g/mol. The Morgan fingerprint density at radius 3 is 3.14 bits per heavy atom. The summed E-state index contributed by atoms with van der Waals surface area (Å²) in [5.41, 5.74) is 1.75. The summed E-state index contributed by atoms with van der Waals surface area (Å²) in [7, 11) is 0. The highest BCUT2D eigenvalue weighted by atomic mass is 79.9. The van der Waals surface area contributed by atoms with Gasteiger partial charge in [0.2, 0.25) is 5.91 Å². The molecule has 22 heavy (non-hydrogen) atoms. The fourth-order valence-electron chi connectivity index (χ4n) is 1.86. The molecule has 1 amide bonds. The third-order valence-electron chi connectivity index (χ3n) is 2.92. The van der Waals surface area contributed by atoms with Gasteiger partial charge in [0.25, 0.3) is 0 Å². The number of halogens is 2. The largest absolute Gasteiger partial charge is 0.371 e. The summed E-state index contributed by atoms with van der Waals surface area (Å²) in [5.74, 6) is -0.229. The minimum atomic E-state index is -0.229. The van der Waals surface area contributed by atoms with Crippen LogP contribution in [-0.4, -0.2) is 31.9 Å². The third-order valence-corrected chi connectivity index (χ3v) is 3.77. The van der Waals surface area contributed by atoms with Gasteiger partial charge >= 0.3 is 0 Å². The van der Waals surface area contributed by atoms with E-state index in [2.05, 4.69) is 26.2 Å². The highest BCUT2D eigenvalue weighted by molar-refractivity contribution is 9.10. The molecule has 1 aliphatic rings. The molecule has 0 saturated heterocycles. The number of hydrogen-bond donors (Lipinski definition) is 1. The predicted octanol–water partition coefficient (Wildman–Crippen LogP) is 3.22. The van der Waals surface area contributed by atoms with Gasteiger partial charge in [-0.1, -0.05) is 39.7 Å². The summed E-state index contributed by atoms with van der Waals surface area (Å²) in [5, 5.41) is 3.21. The van der Waals surface area contributed by atoms with Crippen molar-refractivity contribution < 1.29 is 9.53 Å². The minimum absolute atomic E-state index is 0.00486. The Balaban J connectivity index is 1.72. The fourth-order valence-corrected chi connectivity index (χ4v) is 2.49. The van der Waals surface area contributed by atoms with Gasteiger partial charge in [-0.3, -0.25) is 9.79 Å². The Hall–Kier alpha value is -1.43. The molecule has 0 spiro atoms. The number of hydrogen-bond acceptors (Lipinski definition) is 3. The molecule has 6 heteroatoms. The van der Waals surface area contributed by atoms with Gasteiger partial charge in [0, 0.05) is 10.7 Å². The Morgan fingerprint density at radius 1 is 1.45 bits per heavy atom. The first-order valence-electron chi connectivity index (χ1n) is 6.82. The number of ether oxygens (including phenoxy) is 1. The molecule has 0 radical (unpaired) electrons. The molecule has 2 rings (SSSR count). The van der Waals surface area contributed by atoms with Gasteiger partial charge in [-0.25, -0.2) is 0 Å². The van der Waals surface area contributed by atoms with Crippen molar-refractivity contribution in [2.45, 2.75) is 6.42 Å². The minimum Gasteiger partial charge on any atom is -0.371 e. The van der Waals surface area contributed by atoms with Crippen molar-refractivity contribution >= 4 is 39.7 Å². The number of rotatable bonds is 6.